The Balaban J connectivity index is 1.75. The largest absolute Gasteiger partial charge is 0.484 e. The van der Waals surface area contributed by atoms with Crippen molar-refractivity contribution >= 4 is 28.9 Å². The van der Waals surface area contributed by atoms with Crippen molar-refractivity contribution in [2.24, 2.45) is 0 Å². The molecule has 1 amide bonds. The van der Waals surface area contributed by atoms with Crippen LogP contribution in [0.25, 0.3) is 0 Å². The third kappa shape index (κ3) is 5.79. The molecule has 25 heavy (non-hydrogen) atoms. The van der Waals surface area contributed by atoms with Crippen LogP contribution in [-0.2, 0) is 11.2 Å². The highest BCUT2D eigenvalue weighted by Crippen LogP contribution is 2.15. The topological polar surface area (TPSA) is 86.2 Å². The molecule has 2 rings (SSSR count). The van der Waals surface area contributed by atoms with Crippen molar-refractivity contribution in [2.45, 2.75) is 13.3 Å². The summed E-state index contributed by atoms with van der Waals surface area (Å²) in [7, 11) is 0. The second-order valence-corrected chi connectivity index (χ2v) is 5.47. The van der Waals surface area contributed by atoms with Crippen LogP contribution < -0.4 is 20.9 Å². The van der Waals surface area contributed by atoms with Crippen LogP contribution in [0.15, 0.2) is 48.5 Å². The highest BCUT2D eigenvalue weighted by molar-refractivity contribution is 7.80. The maximum Gasteiger partial charge on any atom is 0.276 e. The average molecular weight is 354 g/mol. The first-order valence-electron chi connectivity index (χ1n) is 7.69. The van der Waals surface area contributed by atoms with E-state index in [0.717, 1.165) is 17.7 Å². The number of aryl methyl sites for hydroxylation is 1. The summed E-state index contributed by atoms with van der Waals surface area (Å²) in [5.74, 6) is 0.129. The Morgan fingerprint density at radius 2 is 1.88 bits per heavy atom. The maximum atomic E-state index is 11.8. The lowest BCUT2D eigenvalue weighted by molar-refractivity contribution is -0.123. The molecule has 0 fully saturated rings. The molecule has 2 aromatic rings. The predicted octanol–water partition coefficient (Wildman–Crippen LogP) is 2.52. The third-order valence-electron chi connectivity index (χ3n) is 3.32. The molecule has 0 aliphatic carbocycles. The molecule has 3 N–H and O–H groups in total. The van der Waals surface area contributed by atoms with Crippen LogP contribution >= 0.6 is 12.2 Å². The molecule has 2 aromatic carbocycles. The third-order valence-corrected chi connectivity index (χ3v) is 3.52. The summed E-state index contributed by atoms with van der Waals surface area (Å²) in [6, 6.07) is 16.3. The Morgan fingerprint density at radius 1 is 1.16 bits per heavy atom. The van der Waals surface area contributed by atoms with Gasteiger partial charge < -0.3 is 10.1 Å². The SMILES string of the molecule is CCc1ccccc1NC(=S)NNC(=O)COc1ccc(C#N)cc1. The van der Waals surface area contributed by atoms with Gasteiger partial charge in [0.25, 0.3) is 5.91 Å². The molecular formula is C18H18N4O2S. The monoisotopic (exact) mass is 354 g/mol. The Labute approximate surface area is 151 Å². The standard InChI is InChI=1S/C18H18N4O2S/c1-2-14-5-3-4-6-16(14)20-18(25)22-21-17(23)12-24-15-9-7-13(11-19)8-10-15/h3-10H,2,12H2,1H3,(H,21,23)(H2,20,22,25). The van der Waals surface area contributed by atoms with E-state index in [2.05, 4.69) is 23.1 Å². The van der Waals surface area contributed by atoms with E-state index in [9.17, 15) is 4.79 Å². The first kappa shape index (κ1) is 18.2. The van der Waals surface area contributed by atoms with E-state index in [1.807, 2.05) is 30.3 Å². The number of carbonyl (C=O) groups excluding carboxylic acids is 1. The van der Waals surface area contributed by atoms with Crippen molar-refractivity contribution in [3.05, 3.63) is 59.7 Å². The summed E-state index contributed by atoms with van der Waals surface area (Å²) >= 11 is 5.16. The first-order chi connectivity index (χ1) is 12.1. The van der Waals surface area contributed by atoms with E-state index in [1.54, 1.807) is 24.3 Å². The van der Waals surface area contributed by atoms with E-state index >= 15 is 0 Å². The molecule has 0 aromatic heterocycles. The summed E-state index contributed by atoms with van der Waals surface area (Å²) in [6.45, 7) is 1.88. The minimum Gasteiger partial charge on any atom is -0.484 e. The molecule has 0 saturated heterocycles. The van der Waals surface area contributed by atoms with E-state index in [0.29, 0.717) is 11.3 Å². The quantitative estimate of drug-likeness (QED) is 0.565. The number of hydrogen-bond acceptors (Lipinski definition) is 4. The van der Waals surface area contributed by atoms with Gasteiger partial charge in [0, 0.05) is 5.69 Å². The van der Waals surface area contributed by atoms with Crippen LogP contribution in [0, 0.1) is 11.3 Å². The zero-order valence-corrected chi connectivity index (χ0v) is 14.5. The fourth-order valence-corrected chi connectivity index (χ4v) is 2.20. The Hall–Kier alpha value is -3.11. The van der Waals surface area contributed by atoms with Crippen molar-refractivity contribution in [3.8, 4) is 11.8 Å². The summed E-state index contributed by atoms with van der Waals surface area (Å²) < 4.78 is 5.33. The van der Waals surface area contributed by atoms with E-state index in [-0.39, 0.29) is 17.6 Å². The lowest BCUT2D eigenvalue weighted by atomic mass is 10.1. The Bertz CT molecular complexity index is 784. The van der Waals surface area contributed by atoms with Gasteiger partial charge in [-0.3, -0.25) is 15.6 Å². The van der Waals surface area contributed by atoms with Crippen molar-refractivity contribution in [1.82, 2.24) is 10.9 Å². The number of nitrogens with zero attached hydrogens (tertiary/aromatic N) is 1. The molecule has 0 aliphatic heterocycles. The van der Waals surface area contributed by atoms with Gasteiger partial charge in [0.05, 0.1) is 11.6 Å². The molecule has 0 aliphatic rings. The molecule has 0 atom stereocenters. The van der Waals surface area contributed by atoms with Crippen molar-refractivity contribution in [3.63, 3.8) is 0 Å². The van der Waals surface area contributed by atoms with Crippen molar-refractivity contribution in [1.29, 1.82) is 5.26 Å². The number of carbonyl (C=O) groups is 1. The number of para-hydroxylation sites is 1. The van der Waals surface area contributed by atoms with Crippen LogP contribution in [0.2, 0.25) is 0 Å². The van der Waals surface area contributed by atoms with Crippen LogP contribution in [0.3, 0.4) is 0 Å². The van der Waals surface area contributed by atoms with Crippen LogP contribution in [-0.4, -0.2) is 17.6 Å². The van der Waals surface area contributed by atoms with Gasteiger partial charge in [-0.05, 0) is 54.5 Å². The number of hydrazine groups is 1. The normalized spacial score (nSPS) is 9.60. The number of benzene rings is 2. The lowest BCUT2D eigenvalue weighted by Gasteiger charge is -2.14. The van der Waals surface area contributed by atoms with Gasteiger partial charge in [0.2, 0.25) is 0 Å². The highest BCUT2D eigenvalue weighted by atomic mass is 32.1. The summed E-state index contributed by atoms with van der Waals surface area (Å²) in [5, 5.41) is 12.0. The van der Waals surface area contributed by atoms with Crippen LogP contribution in [0.1, 0.15) is 18.1 Å². The first-order valence-corrected chi connectivity index (χ1v) is 8.10. The number of nitrogens with one attached hydrogen (secondary N) is 3. The fourth-order valence-electron chi connectivity index (χ4n) is 2.04. The molecule has 0 heterocycles. The van der Waals surface area contributed by atoms with Crippen LogP contribution in [0.5, 0.6) is 5.75 Å². The number of hydrogen-bond donors (Lipinski definition) is 3. The van der Waals surface area contributed by atoms with Gasteiger partial charge in [-0.1, -0.05) is 25.1 Å². The van der Waals surface area contributed by atoms with Crippen molar-refractivity contribution in [2.75, 3.05) is 11.9 Å². The highest BCUT2D eigenvalue weighted by Gasteiger charge is 2.05. The van der Waals surface area contributed by atoms with Crippen LogP contribution in [0.4, 0.5) is 5.69 Å². The maximum absolute atomic E-state index is 11.8. The average Bonchev–Trinajstić information content (AvgIpc) is 2.65. The molecule has 0 spiro atoms. The molecule has 0 bridgehead atoms. The summed E-state index contributed by atoms with van der Waals surface area (Å²) in [4.78, 5) is 11.8. The van der Waals surface area contributed by atoms with E-state index in [1.165, 1.54) is 0 Å². The van der Waals surface area contributed by atoms with Gasteiger partial charge in [0.15, 0.2) is 11.7 Å². The zero-order valence-electron chi connectivity index (χ0n) is 13.7. The van der Waals surface area contributed by atoms with Gasteiger partial charge in [-0.15, -0.1) is 0 Å². The van der Waals surface area contributed by atoms with Gasteiger partial charge in [0.1, 0.15) is 5.75 Å². The smallest absolute Gasteiger partial charge is 0.276 e. The molecule has 0 radical (unpaired) electrons. The molecule has 6 nitrogen and oxygen atoms in total. The lowest BCUT2D eigenvalue weighted by Crippen LogP contribution is -2.45. The van der Waals surface area contributed by atoms with E-state index < -0.39 is 0 Å². The Kier molecular flexibility index (Phi) is 6.75. The minimum absolute atomic E-state index is 0.174. The number of thiocarbonyl (C=S) groups is 1. The molecule has 0 unspecified atom stereocenters. The molecule has 128 valence electrons. The predicted molar refractivity (Wildman–Crippen MR) is 100.0 cm³/mol. The molecule has 7 heteroatoms. The van der Waals surface area contributed by atoms with E-state index in [4.69, 9.17) is 22.2 Å². The summed E-state index contributed by atoms with van der Waals surface area (Å²) in [6.07, 6.45) is 0.872. The number of amides is 1. The number of nitriles is 1. The Morgan fingerprint density at radius 3 is 2.56 bits per heavy atom. The second-order valence-electron chi connectivity index (χ2n) is 5.06. The molecular weight excluding hydrogens is 336 g/mol. The summed E-state index contributed by atoms with van der Waals surface area (Å²) in [5.41, 5.74) is 7.65. The van der Waals surface area contributed by atoms with Crippen molar-refractivity contribution < 1.29 is 9.53 Å². The molecule has 0 saturated carbocycles. The van der Waals surface area contributed by atoms with Gasteiger partial charge in [-0.2, -0.15) is 5.26 Å². The van der Waals surface area contributed by atoms with Gasteiger partial charge in [-0.25, -0.2) is 0 Å². The number of rotatable bonds is 5. The van der Waals surface area contributed by atoms with Gasteiger partial charge >= 0.3 is 0 Å². The fraction of sp³-hybridized carbons (Fsp3) is 0.167. The zero-order chi connectivity index (χ0) is 18.1. The minimum atomic E-state index is -0.378. The number of anilines is 1. The number of ether oxygens (including phenoxy) is 1. The second kappa shape index (κ2) is 9.25.